The SMILES string of the molecule is O=C(NNC(=O)c1cc(-c2ccco2)nc2ccccc12)c1ccc(Cl)s1. The highest BCUT2D eigenvalue weighted by atomic mass is 35.5. The molecule has 3 aromatic heterocycles. The van der Waals surface area contributed by atoms with Gasteiger partial charge in [0, 0.05) is 5.39 Å². The van der Waals surface area contributed by atoms with Gasteiger partial charge >= 0.3 is 0 Å². The number of hydrogen-bond acceptors (Lipinski definition) is 5. The normalized spacial score (nSPS) is 10.7. The Balaban J connectivity index is 1.63. The first-order chi connectivity index (χ1) is 13.1. The number of thiophene rings is 1. The number of furan rings is 1. The van der Waals surface area contributed by atoms with Crippen LogP contribution in [0.4, 0.5) is 0 Å². The molecule has 0 atom stereocenters. The van der Waals surface area contributed by atoms with Gasteiger partial charge in [0.25, 0.3) is 11.8 Å². The largest absolute Gasteiger partial charge is 0.463 e. The molecule has 0 bridgehead atoms. The molecule has 4 aromatic rings. The number of carbonyl (C=O) groups excluding carboxylic acids is 2. The summed E-state index contributed by atoms with van der Waals surface area (Å²) in [4.78, 5) is 29.8. The molecule has 6 nitrogen and oxygen atoms in total. The topological polar surface area (TPSA) is 84.2 Å². The molecule has 0 aliphatic heterocycles. The van der Waals surface area contributed by atoms with Gasteiger partial charge in [0.05, 0.1) is 26.6 Å². The van der Waals surface area contributed by atoms with Crippen LogP contribution in [0.1, 0.15) is 20.0 Å². The fourth-order valence-corrected chi connectivity index (χ4v) is 3.53. The molecule has 0 aliphatic carbocycles. The van der Waals surface area contributed by atoms with E-state index < -0.39 is 11.8 Å². The molecule has 2 N–H and O–H groups in total. The summed E-state index contributed by atoms with van der Waals surface area (Å²) in [6, 6.07) is 15.6. The molecule has 0 unspecified atom stereocenters. The number of fused-ring (bicyclic) bond motifs is 1. The van der Waals surface area contributed by atoms with Crippen molar-refractivity contribution >= 4 is 45.7 Å². The van der Waals surface area contributed by atoms with Gasteiger partial charge in [-0.15, -0.1) is 11.3 Å². The van der Waals surface area contributed by atoms with E-state index in [9.17, 15) is 9.59 Å². The average molecular weight is 398 g/mol. The number of hydrazine groups is 1. The van der Waals surface area contributed by atoms with E-state index in [1.54, 1.807) is 42.7 Å². The van der Waals surface area contributed by atoms with Gasteiger partial charge < -0.3 is 4.42 Å². The van der Waals surface area contributed by atoms with Crippen LogP contribution in [0, 0.1) is 0 Å². The number of benzene rings is 1. The summed E-state index contributed by atoms with van der Waals surface area (Å²) < 4.78 is 5.88. The summed E-state index contributed by atoms with van der Waals surface area (Å²) in [7, 11) is 0. The zero-order chi connectivity index (χ0) is 18.8. The van der Waals surface area contributed by atoms with Gasteiger partial charge in [0.1, 0.15) is 5.69 Å². The molecular weight excluding hydrogens is 386 g/mol. The average Bonchev–Trinajstić information content (AvgIpc) is 3.37. The Kier molecular flexibility index (Phi) is 4.62. The maximum atomic E-state index is 12.7. The third-order valence-corrected chi connectivity index (χ3v) is 5.05. The van der Waals surface area contributed by atoms with Crippen molar-refractivity contribution < 1.29 is 14.0 Å². The number of rotatable bonds is 3. The first-order valence-corrected chi connectivity index (χ1v) is 9.11. The molecule has 0 radical (unpaired) electrons. The number of nitrogens with one attached hydrogen (secondary N) is 2. The number of carbonyl (C=O) groups is 2. The van der Waals surface area contributed by atoms with Crippen LogP contribution < -0.4 is 10.9 Å². The van der Waals surface area contributed by atoms with Gasteiger partial charge in [0.15, 0.2) is 5.76 Å². The van der Waals surface area contributed by atoms with Crippen molar-refractivity contribution in [2.75, 3.05) is 0 Å². The Morgan fingerprint density at radius 1 is 1.00 bits per heavy atom. The van der Waals surface area contributed by atoms with E-state index in [1.807, 2.05) is 18.2 Å². The third-order valence-electron chi connectivity index (χ3n) is 3.82. The monoisotopic (exact) mass is 397 g/mol. The summed E-state index contributed by atoms with van der Waals surface area (Å²) in [5.74, 6) is -0.352. The van der Waals surface area contributed by atoms with E-state index in [0.717, 1.165) is 11.3 Å². The second-order valence-corrected chi connectivity index (χ2v) is 7.28. The lowest BCUT2D eigenvalue weighted by Gasteiger charge is -2.10. The lowest BCUT2D eigenvalue weighted by atomic mass is 10.1. The molecule has 1 aromatic carbocycles. The predicted octanol–water partition coefficient (Wildman–Crippen LogP) is 4.28. The van der Waals surface area contributed by atoms with Crippen LogP contribution in [0.5, 0.6) is 0 Å². The quantitative estimate of drug-likeness (QED) is 0.505. The number of aromatic nitrogens is 1. The highest BCUT2D eigenvalue weighted by Crippen LogP contribution is 2.25. The maximum Gasteiger partial charge on any atom is 0.279 e. The fraction of sp³-hybridized carbons (Fsp3) is 0. The van der Waals surface area contributed by atoms with Crippen molar-refractivity contribution in [3.63, 3.8) is 0 Å². The standard InChI is InChI=1S/C19H12ClN3O3S/c20-17-8-7-16(27-17)19(25)23-22-18(24)12-10-14(15-6-3-9-26-15)21-13-5-2-1-4-11(12)13/h1-10H,(H,22,24)(H,23,25). The number of halogens is 1. The molecule has 8 heteroatoms. The van der Waals surface area contributed by atoms with Crippen LogP contribution in [0.3, 0.4) is 0 Å². The molecular formula is C19H12ClN3O3S. The number of para-hydroxylation sites is 1. The van der Waals surface area contributed by atoms with Gasteiger partial charge in [-0.25, -0.2) is 4.98 Å². The molecule has 0 saturated heterocycles. The minimum Gasteiger partial charge on any atom is -0.463 e. The first kappa shape index (κ1) is 17.3. The molecule has 4 rings (SSSR count). The van der Waals surface area contributed by atoms with E-state index >= 15 is 0 Å². The van der Waals surface area contributed by atoms with Crippen molar-refractivity contribution in [2.45, 2.75) is 0 Å². The zero-order valence-corrected chi connectivity index (χ0v) is 15.3. The molecule has 0 fully saturated rings. The van der Waals surface area contributed by atoms with Crippen LogP contribution in [0.15, 0.2) is 65.3 Å². The van der Waals surface area contributed by atoms with Crippen LogP contribution in [-0.2, 0) is 0 Å². The van der Waals surface area contributed by atoms with Gasteiger partial charge in [0.2, 0.25) is 0 Å². The second kappa shape index (κ2) is 7.22. The Bertz CT molecular complexity index is 1140. The highest BCUT2D eigenvalue weighted by molar-refractivity contribution is 7.17. The van der Waals surface area contributed by atoms with Gasteiger partial charge in [-0.3, -0.25) is 20.4 Å². The van der Waals surface area contributed by atoms with Gasteiger partial charge in [-0.05, 0) is 36.4 Å². The molecule has 3 heterocycles. The molecule has 0 saturated carbocycles. The summed E-state index contributed by atoms with van der Waals surface area (Å²) in [5, 5.41) is 0.665. The summed E-state index contributed by atoms with van der Waals surface area (Å²) in [5.41, 5.74) is 6.38. The lowest BCUT2D eigenvalue weighted by molar-refractivity contribution is 0.0850. The number of nitrogens with zero attached hydrogens (tertiary/aromatic N) is 1. The molecule has 0 spiro atoms. The number of pyridine rings is 1. The van der Waals surface area contributed by atoms with Crippen molar-refractivity contribution in [1.29, 1.82) is 0 Å². The fourth-order valence-electron chi connectivity index (χ4n) is 2.59. The summed E-state index contributed by atoms with van der Waals surface area (Å²) >= 11 is 6.96. The lowest BCUT2D eigenvalue weighted by Crippen LogP contribution is -2.41. The summed E-state index contributed by atoms with van der Waals surface area (Å²) in [6.45, 7) is 0. The maximum absolute atomic E-state index is 12.7. The zero-order valence-electron chi connectivity index (χ0n) is 13.7. The summed E-state index contributed by atoms with van der Waals surface area (Å²) in [6.07, 6.45) is 1.54. The van der Waals surface area contributed by atoms with Gasteiger partial charge in [-0.2, -0.15) is 0 Å². The smallest absolute Gasteiger partial charge is 0.279 e. The van der Waals surface area contributed by atoms with E-state index in [-0.39, 0.29) is 0 Å². The Labute approximate surface area is 162 Å². The first-order valence-electron chi connectivity index (χ1n) is 7.91. The molecule has 0 aliphatic rings. The number of amides is 2. The van der Waals surface area contributed by atoms with E-state index in [0.29, 0.717) is 37.1 Å². The van der Waals surface area contributed by atoms with Crippen LogP contribution in [-0.4, -0.2) is 16.8 Å². The number of hydrogen-bond donors (Lipinski definition) is 2. The second-order valence-electron chi connectivity index (χ2n) is 5.56. The van der Waals surface area contributed by atoms with Crippen LogP contribution >= 0.6 is 22.9 Å². The third kappa shape index (κ3) is 3.55. The van der Waals surface area contributed by atoms with Crippen LogP contribution in [0.25, 0.3) is 22.4 Å². The van der Waals surface area contributed by atoms with Crippen molar-refractivity contribution in [2.24, 2.45) is 0 Å². The van der Waals surface area contributed by atoms with Crippen molar-refractivity contribution in [3.8, 4) is 11.5 Å². The molecule has 134 valence electrons. The minimum absolute atomic E-state index is 0.372. The van der Waals surface area contributed by atoms with Crippen LogP contribution in [0.2, 0.25) is 4.34 Å². The Hall–Kier alpha value is -3.16. The van der Waals surface area contributed by atoms with E-state index in [1.165, 1.54) is 0 Å². The highest BCUT2D eigenvalue weighted by Gasteiger charge is 2.16. The molecule has 27 heavy (non-hydrogen) atoms. The Morgan fingerprint density at radius 3 is 2.56 bits per heavy atom. The van der Waals surface area contributed by atoms with E-state index in [2.05, 4.69) is 15.8 Å². The van der Waals surface area contributed by atoms with Crippen molar-refractivity contribution in [3.05, 3.63) is 75.6 Å². The van der Waals surface area contributed by atoms with E-state index in [4.69, 9.17) is 16.0 Å². The molecule has 2 amide bonds. The Morgan fingerprint density at radius 2 is 1.81 bits per heavy atom. The predicted molar refractivity (Wildman–Crippen MR) is 104 cm³/mol. The minimum atomic E-state index is -0.461. The van der Waals surface area contributed by atoms with Crippen molar-refractivity contribution in [1.82, 2.24) is 15.8 Å². The van der Waals surface area contributed by atoms with Gasteiger partial charge in [-0.1, -0.05) is 29.8 Å².